The average molecular weight is 424 g/mol. The van der Waals surface area contributed by atoms with Crippen molar-refractivity contribution in [1.82, 2.24) is 4.98 Å². The van der Waals surface area contributed by atoms with Gasteiger partial charge < -0.3 is 18.6 Å². The number of ketones is 1. The number of hydrogen-bond acceptors (Lipinski definition) is 6. The van der Waals surface area contributed by atoms with Gasteiger partial charge in [0, 0.05) is 17.5 Å². The lowest BCUT2D eigenvalue weighted by Crippen LogP contribution is -2.11. The second kappa shape index (κ2) is 10.2. The molecule has 3 aromatic rings. The zero-order valence-electron chi connectivity index (χ0n) is 18.7. The van der Waals surface area contributed by atoms with Crippen molar-refractivity contribution in [3.05, 3.63) is 60.0 Å². The Bertz CT molecular complexity index is 1020. The largest absolute Gasteiger partial charge is 0.493 e. The summed E-state index contributed by atoms with van der Waals surface area (Å²) in [5.74, 6) is 2.47. The molecule has 2 aromatic carbocycles. The van der Waals surface area contributed by atoms with E-state index in [1.54, 1.807) is 7.11 Å². The fraction of sp³-hybridized carbons (Fsp3) is 0.360. The molecule has 6 nitrogen and oxygen atoms in total. The fourth-order valence-electron chi connectivity index (χ4n) is 3.17. The van der Waals surface area contributed by atoms with Gasteiger partial charge >= 0.3 is 0 Å². The maximum absolute atomic E-state index is 12.7. The number of para-hydroxylation sites is 1. The van der Waals surface area contributed by atoms with Crippen LogP contribution in [0.25, 0.3) is 11.5 Å². The normalized spacial score (nSPS) is 11.1. The third kappa shape index (κ3) is 6.10. The molecule has 0 saturated heterocycles. The molecule has 0 spiro atoms. The molecular weight excluding hydrogens is 394 g/mol. The molecule has 0 aliphatic heterocycles. The van der Waals surface area contributed by atoms with Crippen molar-refractivity contribution in [1.29, 1.82) is 0 Å². The first-order valence-electron chi connectivity index (χ1n) is 10.4. The minimum atomic E-state index is 0.00412. The Morgan fingerprint density at radius 2 is 1.65 bits per heavy atom. The molecular formula is C25H29NO5. The number of benzene rings is 2. The molecule has 3 rings (SSSR count). The average Bonchev–Trinajstić information content (AvgIpc) is 3.17. The highest BCUT2D eigenvalue weighted by molar-refractivity contribution is 5.83. The summed E-state index contributed by atoms with van der Waals surface area (Å²) >= 11 is 0. The topological polar surface area (TPSA) is 70.8 Å². The summed E-state index contributed by atoms with van der Waals surface area (Å²) in [7, 11) is 1.60. The van der Waals surface area contributed by atoms with E-state index in [-0.39, 0.29) is 30.8 Å². The van der Waals surface area contributed by atoms with Gasteiger partial charge in [0.1, 0.15) is 17.8 Å². The van der Waals surface area contributed by atoms with Crippen LogP contribution in [0.4, 0.5) is 0 Å². The van der Waals surface area contributed by atoms with Gasteiger partial charge in [-0.05, 0) is 52.0 Å². The molecule has 31 heavy (non-hydrogen) atoms. The molecule has 0 bridgehead atoms. The first-order chi connectivity index (χ1) is 14.9. The SMILES string of the molecule is COc1ccc(-c2nc(CC(=O)Cc3ccccc3OC(C)C)co2)cc1OC(C)C. The van der Waals surface area contributed by atoms with Crippen LogP contribution < -0.4 is 14.2 Å². The van der Waals surface area contributed by atoms with Gasteiger partial charge in [-0.3, -0.25) is 4.79 Å². The predicted molar refractivity (Wildman–Crippen MR) is 119 cm³/mol. The number of carbonyl (C=O) groups is 1. The van der Waals surface area contributed by atoms with Crippen LogP contribution in [-0.2, 0) is 17.6 Å². The number of Topliss-reactive ketones (excluding diaryl/α,β-unsaturated/α-hetero) is 1. The number of oxazole rings is 1. The Balaban J connectivity index is 1.71. The second-order valence-electron chi connectivity index (χ2n) is 7.84. The van der Waals surface area contributed by atoms with Crippen molar-refractivity contribution in [3.63, 3.8) is 0 Å². The third-order valence-corrected chi connectivity index (χ3v) is 4.43. The van der Waals surface area contributed by atoms with Gasteiger partial charge in [-0.2, -0.15) is 0 Å². The lowest BCUT2D eigenvalue weighted by atomic mass is 10.0. The van der Waals surface area contributed by atoms with Crippen LogP contribution in [0.5, 0.6) is 17.2 Å². The van der Waals surface area contributed by atoms with Crippen LogP contribution in [0.2, 0.25) is 0 Å². The lowest BCUT2D eigenvalue weighted by molar-refractivity contribution is -0.117. The molecule has 0 unspecified atom stereocenters. The maximum atomic E-state index is 12.7. The monoisotopic (exact) mass is 423 g/mol. The van der Waals surface area contributed by atoms with E-state index in [1.807, 2.05) is 70.2 Å². The van der Waals surface area contributed by atoms with Gasteiger partial charge in [0.25, 0.3) is 0 Å². The lowest BCUT2D eigenvalue weighted by Gasteiger charge is -2.14. The summed E-state index contributed by atoms with van der Waals surface area (Å²) in [6, 6.07) is 13.1. The smallest absolute Gasteiger partial charge is 0.226 e. The second-order valence-corrected chi connectivity index (χ2v) is 7.84. The van der Waals surface area contributed by atoms with Crippen LogP contribution in [0.15, 0.2) is 53.1 Å². The molecule has 1 aromatic heterocycles. The van der Waals surface area contributed by atoms with Crippen LogP contribution in [0.3, 0.4) is 0 Å². The summed E-state index contributed by atoms with van der Waals surface area (Å²) in [5, 5.41) is 0. The maximum Gasteiger partial charge on any atom is 0.226 e. The molecule has 0 aliphatic carbocycles. The summed E-state index contributed by atoms with van der Waals surface area (Å²) in [6.07, 6.45) is 2.04. The van der Waals surface area contributed by atoms with E-state index in [0.29, 0.717) is 23.1 Å². The Kier molecular flexibility index (Phi) is 7.34. The van der Waals surface area contributed by atoms with E-state index in [9.17, 15) is 4.79 Å². The summed E-state index contributed by atoms with van der Waals surface area (Å²) in [5.41, 5.74) is 2.21. The minimum absolute atomic E-state index is 0.00412. The third-order valence-electron chi connectivity index (χ3n) is 4.43. The zero-order valence-corrected chi connectivity index (χ0v) is 18.7. The molecule has 0 atom stereocenters. The molecule has 1 heterocycles. The first-order valence-corrected chi connectivity index (χ1v) is 10.4. The van der Waals surface area contributed by atoms with E-state index in [1.165, 1.54) is 6.26 Å². The van der Waals surface area contributed by atoms with Crippen molar-refractivity contribution in [2.75, 3.05) is 7.11 Å². The number of hydrogen-bond donors (Lipinski definition) is 0. The van der Waals surface area contributed by atoms with Gasteiger partial charge in [-0.15, -0.1) is 0 Å². The Morgan fingerprint density at radius 1 is 0.935 bits per heavy atom. The van der Waals surface area contributed by atoms with Crippen LogP contribution in [-0.4, -0.2) is 30.1 Å². The van der Waals surface area contributed by atoms with Crippen LogP contribution >= 0.6 is 0 Å². The van der Waals surface area contributed by atoms with Gasteiger partial charge in [0.05, 0.1) is 31.4 Å². The molecule has 0 aliphatic rings. The van der Waals surface area contributed by atoms with E-state index >= 15 is 0 Å². The number of nitrogens with zero attached hydrogens (tertiary/aromatic N) is 1. The number of carbonyl (C=O) groups excluding carboxylic acids is 1. The Morgan fingerprint density at radius 3 is 2.35 bits per heavy atom. The number of ether oxygens (including phenoxy) is 3. The van der Waals surface area contributed by atoms with E-state index in [0.717, 1.165) is 16.9 Å². The molecule has 0 saturated carbocycles. The highest BCUT2D eigenvalue weighted by atomic mass is 16.5. The highest BCUT2D eigenvalue weighted by Gasteiger charge is 2.16. The van der Waals surface area contributed by atoms with Crippen molar-refractivity contribution in [3.8, 4) is 28.7 Å². The standard InChI is InChI=1S/C25H29NO5/c1-16(2)30-22-9-7-6-8-18(22)12-21(27)14-20-15-29-25(26-20)19-10-11-23(28-5)24(13-19)31-17(3)4/h6-11,13,15-17H,12,14H2,1-5H3. The van der Waals surface area contributed by atoms with Gasteiger partial charge in [0.2, 0.25) is 5.89 Å². The number of aromatic nitrogens is 1. The van der Waals surface area contributed by atoms with Crippen molar-refractivity contribution < 1.29 is 23.4 Å². The molecule has 0 radical (unpaired) electrons. The number of methoxy groups -OCH3 is 1. The Labute approximate surface area is 183 Å². The fourth-order valence-corrected chi connectivity index (χ4v) is 3.17. The Hall–Kier alpha value is -3.28. The van der Waals surface area contributed by atoms with Crippen molar-refractivity contribution >= 4 is 5.78 Å². The van der Waals surface area contributed by atoms with Crippen LogP contribution in [0.1, 0.15) is 39.0 Å². The predicted octanol–water partition coefficient (Wildman–Crippen LogP) is 5.28. The summed E-state index contributed by atoms with van der Waals surface area (Å²) in [4.78, 5) is 17.1. The van der Waals surface area contributed by atoms with E-state index < -0.39 is 0 Å². The van der Waals surface area contributed by atoms with Gasteiger partial charge in [-0.25, -0.2) is 4.98 Å². The number of rotatable bonds is 10. The van der Waals surface area contributed by atoms with E-state index in [2.05, 4.69) is 4.98 Å². The first kappa shape index (κ1) is 22.4. The van der Waals surface area contributed by atoms with Gasteiger partial charge in [-0.1, -0.05) is 18.2 Å². The minimum Gasteiger partial charge on any atom is -0.493 e. The molecule has 6 heteroatoms. The van der Waals surface area contributed by atoms with Crippen molar-refractivity contribution in [2.45, 2.75) is 52.7 Å². The summed E-state index contributed by atoms with van der Waals surface area (Å²) in [6.45, 7) is 7.83. The molecule has 0 fully saturated rings. The molecule has 164 valence electrons. The molecule has 0 amide bonds. The summed E-state index contributed by atoms with van der Waals surface area (Å²) < 4.78 is 22.6. The van der Waals surface area contributed by atoms with E-state index in [4.69, 9.17) is 18.6 Å². The van der Waals surface area contributed by atoms with Crippen molar-refractivity contribution in [2.24, 2.45) is 0 Å². The molecule has 0 N–H and O–H groups in total. The quantitative estimate of drug-likeness (QED) is 0.442. The highest BCUT2D eigenvalue weighted by Crippen LogP contribution is 2.33. The van der Waals surface area contributed by atoms with Gasteiger partial charge in [0.15, 0.2) is 11.5 Å². The van der Waals surface area contributed by atoms with Crippen LogP contribution in [0, 0.1) is 0 Å². The zero-order chi connectivity index (χ0) is 22.4.